The van der Waals surface area contributed by atoms with E-state index in [9.17, 15) is 4.79 Å². The molecule has 0 atom stereocenters. The van der Waals surface area contributed by atoms with Gasteiger partial charge >= 0.3 is 0 Å². The molecule has 2 heterocycles. The monoisotopic (exact) mass is 182 g/mol. The predicted octanol–water partition coefficient (Wildman–Crippen LogP) is 0.955. The van der Waals surface area contributed by atoms with Gasteiger partial charge in [-0.1, -0.05) is 0 Å². The van der Waals surface area contributed by atoms with Crippen molar-refractivity contribution >= 4 is 11.9 Å². The number of nitrogens with one attached hydrogen (secondary N) is 1. The second-order valence-corrected chi connectivity index (χ2v) is 3.21. The van der Waals surface area contributed by atoms with Crippen LogP contribution in [-0.2, 0) is 11.3 Å². The van der Waals surface area contributed by atoms with Crippen LogP contribution < -0.4 is 5.32 Å². The number of nitrogens with zero attached hydrogens (tertiary/aromatic N) is 3. The van der Waals surface area contributed by atoms with Crippen LogP contribution in [0.2, 0.25) is 0 Å². The van der Waals surface area contributed by atoms with Crippen molar-refractivity contribution in [3.63, 3.8) is 0 Å². The van der Waals surface area contributed by atoms with Gasteiger partial charge < -0.3 is 0 Å². The summed E-state index contributed by atoms with van der Waals surface area (Å²) in [5, 5.41) is 6.91. The molecule has 5 nitrogen and oxygen atoms in total. The van der Waals surface area contributed by atoms with E-state index < -0.39 is 0 Å². The summed E-state index contributed by atoms with van der Waals surface area (Å²) in [6.45, 7) is 2.67. The van der Waals surface area contributed by atoms with Crippen molar-refractivity contribution in [3.05, 3.63) is 5.82 Å². The normalized spacial score (nSPS) is 17.2. The van der Waals surface area contributed by atoms with Crippen molar-refractivity contribution in [1.29, 1.82) is 0 Å². The minimum Gasteiger partial charge on any atom is -0.295 e. The topological polar surface area (TPSA) is 59.8 Å². The molecule has 1 amide bonds. The summed E-state index contributed by atoms with van der Waals surface area (Å²) in [5.41, 5.74) is 0. The lowest BCUT2D eigenvalue weighted by atomic mass is 10.2. The number of anilines is 1. The highest BCUT2D eigenvalue weighted by molar-refractivity contribution is 5.89. The zero-order valence-corrected chi connectivity index (χ0v) is 7.58. The van der Waals surface area contributed by atoms with Crippen LogP contribution in [-0.4, -0.2) is 20.7 Å². The highest BCUT2D eigenvalue weighted by Crippen LogP contribution is 2.11. The van der Waals surface area contributed by atoms with Gasteiger partial charge in [-0.2, -0.15) is 10.1 Å². The molecule has 0 radical (unpaired) electrons. The minimum atomic E-state index is 0. The molecule has 0 aromatic carbocycles. The van der Waals surface area contributed by atoms with Crippen LogP contribution in [0.15, 0.2) is 0 Å². The largest absolute Gasteiger partial charge is 0.295 e. The van der Waals surface area contributed by atoms with Gasteiger partial charge in [0.2, 0.25) is 11.9 Å². The van der Waals surface area contributed by atoms with Gasteiger partial charge in [-0.25, -0.2) is 4.68 Å². The van der Waals surface area contributed by atoms with E-state index >= 15 is 0 Å². The second-order valence-electron chi connectivity index (χ2n) is 3.21. The van der Waals surface area contributed by atoms with E-state index in [-0.39, 0.29) is 7.33 Å². The highest BCUT2D eigenvalue weighted by Gasteiger charge is 2.13. The van der Waals surface area contributed by atoms with Crippen molar-refractivity contribution in [2.45, 2.75) is 32.7 Å². The Morgan fingerprint density at radius 3 is 3.23 bits per heavy atom. The molecule has 0 bridgehead atoms. The Bertz CT molecular complexity index is 336. The maximum atomic E-state index is 11.2. The third kappa shape index (κ3) is 1.68. The average Bonchev–Trinajstić information content (AvgIpc) is 2.36. The average molecular weight is 182 g/mol. The molecule has 0 saturated heterocycles. The standard InChI is InChI=1S/C8H12N4O.H2/c1-6-9-8-10-7(13)4-2-3-5-12(8)11-6;/h2-5H2,1H3,(H,9,10,11,13);1H. The molecule has 0 fully saturated rings. The Kier molecular flexibility index (Phi) is 2.00. The molecule has 1 N–H and O–H groups in total. The number of amides is 1. The first kappa shape index (κ1) is 8.22. The van der Waals surface area contributed by atoms with E-state index in [4.69, 9.17) is 0 Å². The lowest BCUT2D eigenvalue weighted by molar-refractivity contribution is -0.116. The molecule has 0 aliphatic carbocycles. The Morgan fingerprint density at radius 1 is 1.54 bits per heavy atom. The fourth-order valence-electron chi connectivity index (χ4n) is 1.44. The zero-order chi connectivity index (χ0) is 9.26. The van der Waals surface area contributed by atoms with Crippen LogP contribution in [0.1, 0.15) is 26.5 Å². The molecular weight excluding hydrogens is 168 g/mol. The second kappa shape index (κ2) is 3.16. The molecule has 2 rings (SSSR count). The van der Waals surface area contributed by atoms with Crippen LogP contribution in [0.25, 0.3) is 0 Å². The molecule has 0 unspecified atom stereocenters. The van der Waals surface area contributed by atoms with Gasteiger partial charge in [0.05, 0.1) is 0 Å². The summed E-state index contributed by atoms with van der Waals surface area (Å²) >= 11 is 0. The molecular formula is C8H14N4O. The summed E-state index contributed by atoms with van der Waals surface area (Å²) in [6, 6.07) is 0. The fraction of sp³-hybridized carbons (Fsp3) is 0.625. The molecule has 0 saturated carbocycles. The van der Waals surface area contributed by atoms with Crippen molar-refractivity contribution in [2.75, 3.05) is 5.32 Å². The van der Waals surface area contributed by atoms with E-state index in [1.165, 1.54) is 0 Å². The summed E-state index contributed by atoms with van der Waals surface area (Å²) in [7, 11) is 0. The Hall–Kier alpha value is -1.39. The number of hydrogen-bond acceptors (Lipinski definition) is 3. The lowest BCUT2D eigenvalue weighted by Gasteiger charge is -2.10. The lowest BCUT2D eigenvalue weighted by Crippen LogP contribution is -2.19. The van der Waals surface area contributed by atoms with E-state index in [0.717, 1.165) is 19.4 Å². The predicted molar refractivity (Wildman–Crippen MR) is 49.4 cm³/mol. The van der Waals surface area contributed by atoms with Crippen LogP contribution in [0.4, 0.5) is 5.95 Å². The zero-order valence-electron chi connectivity index (χ0n) is 7.58. The van der Waals surface area contributed by atoms with Crippen LogP contribution in [0.5, 0.6) is 0 Å². The van der Waals surface area contributed by atoms with Crippen molar-refractivity contribution in [1.82, 2.24) is 14.8 Å². The molecule has 0 spiro atoms. The Morgan fingerprint density at radius 2 is 2.38 bits per heavy atom. The van der Waals surface area contributed by atoms with E-state index in [2.05, 4.69) is 15.4 Å². The summed E-state index contributed by atoms with van der Waals surface area (Å²) in [5.74, 6) is 1.33. The molecule has 1 aliphatic rings. The number of carbonyl (C=O) groups is 1. The number of fused-ring (bicyclic) bond motifs is 1. The number of aromatic nitrogens is 3. The summed E-state index contributed by atoms with van der Waals surface area (Å²) in [6.07, 6.45) is 2.50. The van der Waals surface area contributed by atoms with Gasteiger partial charge in [0.1, 0.15) is 5.82 Å². The first-order chi connectivity index (χ1) is 6.25. The van der Waals surface area contributed by atoms with Crippen LogP contribution in [0, 0.1) is 6.92 Å². The molecule has 13 heavy (non-hydrogen) atoms. The van der Waals surface area contributed by atoms with Crippen molar-refractivity contribution in [2.24, 2.45) is 0 Å². The number of carbonyl (C=O) groups excluding carboxylic acids is 1. The minimum absolute atomic E-state index is 0. The number of hydrogen-bond donors (Lipinski definition) is 1. The van der Waals surface area contributed by atoms with Gasteiger partial charge in [-0.3, -0.25) is 10.1 Å². The fourth-order valence-corrected chi connectivity index (χ4v) is 1.44. The SMILES string of the molecule is Cc1nc2n(n1)CCCCC(=O)N2.[HH]. The first-order valence-corrected chi connectivity index (χ1v) is 4.47. The quantitative estimate of drug-likeness (QED) is 0.650. The summed E-state index contributed by atoms with van der Waals surface area (Å²) in [4.78, 5) is 15.3. The molecule has 5 heteroatoms. The summed E-state index contributed by atoms with van der Waals surface area (Å²) < 4.78 is 1.76. The third-order valence-electron chi connectivity index (χ3n) is 2.05. The van der Waals surface area contributed by atoms with E-state index in [0.29, 0.717) is 18.2 Å². The third-order valence-corrected chi connectivity index (χ3v) is 2.05. The Balaban J connectivity index is 0.000000980. The molecule has 1 aromatic rings. The van der Waals surface area contributed by atoms with Crippen LogP contribution in [0.3, 0.4) is 0 Å². The molecule has 1 aromatic heterocycles. The van der Waals surface area contributed by atoms with Crippen molar-refractivity contribution in [3.8, 4) is 0 Å². The van der Waals surface area contributed by atoms with E-state index in [1.807, 2.05) is 6.92 Å². The number of rotatable bonds is 0. The van der Waals surface area contributed by atoms with Gasteiger partial charge in [0.15, 0.2) is 0 Å². The van der Waals surface area contributed by atoms with Crippen molar-refractivity contribution < 1.29 is 6.22 Å². The van der Waals surface area contributed by atoms with Gasteiger partial charge in [-0.15, -0.1) is 0 Å². The first-order valence-electron chi connectivity index (χ1n) is 4.47. The maximum absolute atomic E-state index is 11.2. The van der Waals surface area contributed by atoms with E-state index in [1.54, 1.807) is 4.68 Å². The van der Waals surface area contributed by atoms with Gasteiger partial charge in [0.25, 0.3) is 0 Å². The highest BCUT2D eigenvalue weighted by atomic mass is 16.1. The van der Waals surface area contributed by atoms with Crippen LogP contribution >= 0.6 is 0 Å². The molecule has 1 aliphatic heterocycles. The van der Waals surface area contributed by atoms with Gasteiger partial charge in [-0.05, 0) is 19.8 Å². The maximum Gasteiger partial charge on any atom is 0.228 e. The smallest absolute Gasteiger partial charge is 0.228 e. The molecule has 72 valence electrons. The Labute approximate surface area is 77.6 Å². The number of aryl methyl sites for hydroxylation is 2. The van der Waals surface area contributed by atoms with Gasteiger partial charge in [0, 0.05) is 14.4 Å².